The van der Waals surface area contributed by atoms with Gasteiger partial charge in [-0.3, -0.25) is 0 Å². The lowest BCUT2D eigenvalue weighted by Crippen LogP contribution is -2.14. The molecular weight excluding hydrogens is 307 g/mol. The van der Waals surface area contributed by atoms with Crippen molar-refractivity contribution in [3.05, 3.63) is 41.6 Å². The zero-order chi connectivity index (χ0) is 16.9. The van der Waals surface area contributed by atoms with Crippen molar-refractivity contribution in [3.63, 3.8) is 0 Å². The fourth-order valence-electron chi connectivity index (χ4n) is 1.77. The second kappa shape index (κ2) is 6.98. The van der Waals surface area contributed by atoms with Crippen LogP contribution in [0.3, 0.4) is 0 Å². The number of aromatic nitrogens is 2. The molecule has 0 saturated heterocycles. The van der Waals surface area contributed by atoms with E-state index in [0.29, 0.717) is 18.4 Å². The van der Waals surface area contributed by atoms with Crippen LogP contribution in [-0.2, 0) is 12.7 Å². The van der Waals surface area contributed by atoms with Gasteiger partial charge in [-0.15, -0.1) is 6.42 Å². The van der Waals surface area contributed by atoms with E-state index in [1.807, 2.05) is 0 Å². The summed E-state index contributed by atoms with van der Waals surface area (Å²) < 4.78 is 38.7. The predicted octanol–water partition coefficient (Wildman–Crippen LogP) is 2.74. The van der Waals surface area contributed by atoms with Crippen LogP contribution < -0.4 is 16.4 Å². The number of hydrogen-bond donors (Lipinski definition) is 3. The number of nitrogens with zero attached hydrogens (tertiary/aromatic N) is 2. The molecule has 5 nitrogen and oxygen atoms in total. The molecule has 2 aromatic rings. The maximum absolute atomic E-state index is 12.9. The Hall–Kier alpha value is -2.79. The number of anilines is 3. The molecule has 0 amide bonds. The minimum atomic E-state index is -4.57. The molecule has 1 heterocycles. The normalized spacial score (nSPS) is 10.9. The predicted molar refractivity (Wildman–Crippen MR) is 82.0 cm³/mol. The van der Waals surface area contributed by atoms with Gasteiger partial charge in [0.25, 0.3) is 0 Å². The first-order valence-corrected chi connectivity index (χ1v) is 6.61. The largest absolute Gasteiger partial charge is 0.421 e. The molecule has 0 bridgehead atoms. The average molecular weight is 321 g/mol. The van der Waals surface area contributed by atoms with Crippen LogP contribution in [0.1, 0.15) is 11.1 Å². The third-order valence-corrected chi connectivity index (χ3v) is 2.90. The van der Waals surface area contributed by atoms with Crippen molar-refractivity contribution in [2.75, 3.05) is 17.2 Å². The summed E-state index contributed by atoms with van der Waals surface area (Å²) in [4.78, 5) is 7.53. The van der Waals surface area contributed by atoms with Crippen LogP contribution in [-0.4, -0.2) is 16.5 Å². The first kappa shape index (κ1) is 16.6. The number of terminal acetylenes is 1. The molecule has 0 unspecified atom stereocenters. The van der Waals surface area contributed by atoms with Crippen LogP contribution in [0.4, 0.5) is 30.6 Å². The van der Waals surface area contributed by atoms with Gasteiger partial charge in [0.05, 0.1) is 6.54 Å². The molecule has 1 aromatic heterocycles. The lowest BCUT2D eigenvalue weighted by Gasteiger charge is -2.13. The van der Waals surface area contributed by atoms with Crippen LogP contribution in [0.15, 0.2) is 30.5 Å². The van der Waals surface area contributed by atoms with E-state index in [-0.39, 0.29) is 18.3 Å². The maximum Gasteiger partial charge on any atom is 0.421 e. The van der Waals surface area contributed by atoms with Crippen molar-refractivity contribution < 1.29 is 13.2 Å². The third kappa shape index (κ3) is 4.34. The quantitative estimate of drug-likeness (QED) is 0.738. The molecule has 120 valence electrons. The molecule has 1 aromatic carbocycles. The number of alkyl halides is 3. The van der Waals surface area contributed by atoms with Crippen LogP contribution in [0.25, 0.3) is 0 Å². The zero-order valence-corrected chi connectivity index (χ0v) is 12.0. The van der Waals surface area contributed by atoms with Gasteiger partial charge >= 0.3 is 6.18 Å². The molecule has 0 aliphatic heterocycles. The summed E-state index contributed by atoms with van der Waals surface area (Å²) in [6.07, 6.45) is 1.20. The number of halogens is 3. The molecule has 0 atom stereocenters. The second-order valence-corrected chi connectivity index (χ2v) is 4.54. The molecule has 0 aliphatic rings. The summed E-state index contributed by atoms with van der Waals surface area (Å²) >= 11 is 0. The summed E-state index contributed by atoms with van der Waals surface area (Å²) in [6.45, 7) is 0.321. The molecule has 0 fully saturated rings. The Balaban J connectivity index is 2.26. The van der Waals surface area contributed by atoms with Crippen molar-refractivity contribution in [2.24, 2.45) is 5.73 Å². The number of benzene rings is 1. The van der Waals surface area contributed by atoms with Gasteiger partial charge in [0, 0.05) is 18.4 Å². The SMILES string of the molecule is C#CCNc1nc(Nc2ccc(CN)cc2)ncc1C(F)(F)F. The number of rotatable bonds is 5. The van der Waals surface area contributed by atoms with Crippen molar-refractivity contribution in [1.82, 2.24) is 9.97 Å². The highest BCUT2D eigenvalue weighted by Gasteiger charge is 2.35. The van der Waals surface area contributed by atoms with Gasteiger partial charge in [0.2, 0.25) is 5.95 Å². The van der Waals surface area contributed by atoms with Gasteiger partial charge in [-0.25, -0.2) is 4.98 Å². The summed E-state index contributed by atoms with van der Waals surface area (Å²) in [5, 5.41) is 5.28. The van der Waals surface area contributed by atoms with Gasteiger partial charge in [-0.05, 0) is 17.7 Å². The highest BCUT2D eigenvalue weighted by atomic mass is 19.4. The van der Waals surface area contributed by atoms with Crippen LogP contribution in [0.5, 0.6) is 0 Å². The molecule has 8 heteroatoms. The minimum Gasteiger partial charge on any atom is -0.358 e. The fourth-order valence-corrected chi connectivity index (χ4v) is 1.77. The van der Waals surface area contributed by atoms with Crippen LogP contribution >= 0.6 is 0 Å². The van der Waals surface area contributed by atoms with E-state index in [0.717, 1.165) is 5.56 Å². The minimum absolute atomic E-state index is 0.0259. The highest BCUT2D eigenvalue weighted by Crippen LogP contribution is 2.33. The molecule has 0 radical (unpaired) electrons. The fraction of sp³-hybridized carbons (Fsp3) is 0.200. The molecule has 0 aliphatic carbocycles. The van der Waals surface area contributed by atoms with E-state index in [4.69, 9.17) is 12.2 Å². The molecule has 0 spiro atoms. The Morgan fingerprint density at radius 1 is 1.22 bits per heavy atom. The average Bonchev–Trinajstić information content (AvgIpc) is 2.52. The van der Waals surface area contributed by atoms with Gasteiger partial charge in [0.15, 0.2) is 0 Å². The summed E-state index contributed by atoms with van der Waals surface area (Å²) in [7, 11) is 0. The lowest BCUT2D eigenvalue weighted by molar-refractivity contribution is -0.137. The Bertz CT molecular complexity index is 705. The van der Waals surface area contributed by atoms with Gasteiger partial charge in [0.1, 0.15) is 11.4 Å². The highest BCUT2D eigenvalue weighted by molar-refractivity contribution is 5.57. The Morgan fingerprint density at radius 2 is 1.91 bits per heavy atom. The van der Waals surface area contributed by atoms with E-state index >= 15 is 0 Å². The summed E-state index contributed by atoms with van der Waals surface area (Å²) in [5.74, 6) is 1.86. The van der Waals surface area contributed by atoms with Crippen LogP contribution in [0.2, 0.25) is 0 Å². The second-order valence-electron chi connectivity index (χ2n) is 4.54. The van der Waals surface area contributed by atoms with E-state index in [1.54, 1.807) is 24.3 Å². The zero-order valence-electron chi connectivity index (χ0n) is 12.0. The van der Waals surface area contributed by atoms with Crippen molar-refractivity contribution in [1.29, 1.82) is 0 Å². The lowest BCUT2D eigenvalue weighted by atomic mass is 10.2. The number of nitrogens with one attached hydrogen (secondary N) is 2. The smallest absolute Gasteiger partial charge is 0.358 e. The Morgan fingerprint density at radius 3 is 2.48 bits per heavy atom. The summed E-state index contributed by atoms with van der Waals surface area (Å²) in [5.41, 5.74) is 6.09. The first-order valence-electron chi connectivity index (χ1n) is 6.61. The summed E-state index contributed by atoms with van der Waals surface area (Å²) in [6, 6.07) is 7.06. The first-order chi connectivity index (χ1) is 10.9. The third-order valence-electron chi connectivity index (χ3n) is 2.90. The molecular formula is C15H14F3N5. The topological polar surface area (TPSA) is 75.9 Å². The monoisotopic (exact) mass is 321 g/mol. The van der Waals surface area contributed by atoms with Gasteiger partial charge in [-0.1, -0.05) is 18.1 Å². The van der Waals surface area contributed by atoms with E-state index in [2.05, 4.69) is 26.5 Å². The molecule has 4 N–H and O–H groups in total. The van der Waals surface area contributed by atoms with E-state index in [9.17, 15) is 13.2 Å². The van der Waals surface area contributed by atoms with Gasteiger partial charge < -0.3 is 16.4 Å². The van der Waals surface area contributed by atoms with Crippen molar-refractivity contribution in [3.8, 4) is 12.3 Å². The number of hydrogen-bond acceptors (Lipinski definition) is 5. The van der Waals surface area contributed by atoms with Crippen molar-refractivity contribution >= 4 is 17.5 Å². The Kier molecular flexibility index (Phi) is 5.03. The molecule has 23 heavy (non-hydrogen) atoms. The maximum atomic E-state index is 12.9. The number of nitrogens with two attached hydrogens (primary N) is 1. The van der Waals surface area contributed by atoms with Crippen molar-refractivity contribution in [2.45, 2.75) is 12.7 Å². The van der Waals surface area contributed by atoms with E-state index in [1.165, 1.54) is 0 Å². The van der Waals surface area contributed by atoms with E-state index < -0.39 is 11.7 Å². The molecule has 0 saturated carbocycles. The molecule has 2 rings (SSSR count). The van der Waals surface area contributed by atoms with Crippen LogP contribution in [0, 0.1) is 12.3 Å². The standard InChI is InChI=1S/C15H14F3N5/c1-2-7-20-13-12(15(16,17)18)9-21-14(23-13)22-11-5-3-10(8-19)4-6-11/h1,3-6,9H,7-8,19H2,(H2,20,21,22,23). The van der Waals surface area contributed by atoms with Gasteiger partial charge in [-0.2, -0.15) is 18.2 Å². The Labute approximate surface area is 131 Å².